The Hall–Kier alpha value is -0.160. The highest BCUT2D eigenvalue weighted by atomic mass is 16.8. The van der Waals surface area contributed by atoms with E-state index in [2.05, 4.69) is 0 Å². The Morgan fingerprint density at radius 3 is 2.42 bits per heavy atom. The Morgan fingerprint density at radius 2 is 1.92 bits per heavy atom. The van der Waals surface area contributed by atoms with Crippen molar-refractivity contribution in [3.63, 3.8) is 0 Å². The van der Waals surface area contributed by atoms with Crippen molar-refractivity contribution in [3.05, 3.63) is 0 Å². The predicted octanol–water partition coefficient (Wildman–Crippen LogP) is 0.112. The molecule has 1 aliphatic rings. The van der Waals surface area contributed by atoms with Gasteiger partial charge in [0, 0.05) is 13.7 Å². The maximum atomic E-state index is 5.57. The number of rotatable bonds is 3. The van der Waals surface area contributed by atoms with Crippen molar-refractivity contribution in [2.45, 2.75) is 31.8 Å². The Bertz CT molecular complexity index is 149. The minimum absolute atomic E-state index is 0.0324. The SMILES string of the molecule is COC[C@H]1OC(C)(C)O[C@@H]1CN. The van der Waals surface area contributed by atoms with Crippen LogP contribution in [0.25, 0.3) is 0 Å². The van der Waals surface area contributed by atoms with Gasteiger partial charge < -0.3 is 19.9 Å². The molecule has 1 rings (SSSR count). The van der Waals surface area contributed by atoms with E-state index in [1.54, 1.807) is 7.11 Å². The summed E-state index contributed by atoms with van der Waals surface area (Å²) < 4.78 is 16.1. The molecule has 12 heavy (non-hydrogen) atoms. The average molecular weight is 175 g/mol. The molecule has 4 heteroatoms. The van der Waals surface area contributed by atoms with Gasteiger partial charge in [-0.3, -0.25) is 0 Å². The second-order valence-electron chi connectivity index (χ2n) is 3.40. The molecule has 2 N–H and O–H groups in total. The quantitative estimate of drug-likeness (QED) is 0.661. The molecule has 1 aliphatic heterocycles. The molecular weight excluding hydrogens is 158 g/mol. The molecule has 1 heterocycles. The van der Waals surface area contributed by atoms with Crippen molar-refractivity contribution in [3.8, 4) is 0 Å². The molecule has 0 bridgehead atoms. The summed E-state index contributed by atoms with van der Waals surface area (Å²) in [4.78, 5) is 0. The molecule has 1 fully saturated rings. The van der Waals surface area contributed by atoms with Crippen molar-refractivity contribution >= 4 is 0 Å². The topological polar surface area (TPSA) is 53.7 Å². The highest BCUT2D eigenvalue weighted by molar-refractivity contribution is 4.81. The van der Waals surface area contributed by atoms with Crippen LogP contribution in [0.4, 0.5) is 0 Å². The molecule has 2 atom stereocenters. The zero-order valence-corrected chi connectivity index (χ0v) is 7.87. The fraction of sp³-hybridized carbons (Fsp3) is 1.00. The lowest BCUT2D eigenvalue weighted by Gasteiger charge is -2.16. The molecule has 1 saturated heterocycles. The fourth-order valence-corrected chi connectivity index (χ4v) is 1.41. The number of nitrogens with two attached hydrogens (primary N) is 1. The van der Waals surface area contributed by atoms with Gasteiger partial charge in [0.2, 0.25) is 0 Å². The van der Waals surface area contributed by atoms with E-state index in [0.717, 1.165) is 0 Å². The van der Waals surface area contributed by atoms with E-state index in [1.165, 1.54) is 0 Å². The Balaban J connectivity index is 2.50. The Morgan fingerprint density at radius 1 is 1.33 bits per heavy atom. The number of hydrogen-bond acceptors (Lipinski definition) is 4. The van der Waals surface area contributed by atoms with Crippen molar-refractivity contribution < 1.29 is 14.2 Å². The van der Waals surface area contributed by atoms with Crippen LogP contribution in [-0.2, 0) is 14.2 Å². The second-order valence-corrected chi connectivity index (χ2v) is 3.40. The molecule has 0 amide bonds. The largest absolute Gasteiger partial charge is 0.382 e. The average Bonchev–Trinajstić information content (AvgIpc) is 2.26. The van der Waals surface area contributed by atoms with Gasteiger partial charge in [-0.1, -0.05) is 0 Å². The fourth-order valence-electron chi connectivity index (χ4n) is 1.41. The first kappa shape index (κ1) is 9.92. The predicted molar refractivity (Wildman–Crippen MR) is 44.8 cm³/mol. The van der Waals surface area contributed by atoms with Gasteiger partial charge in [0.05, 0.1) is 6.61 Å². The lowest BCUT2D eigenvalue weighted by Crippen LogP contribution is -2.33. The third-order valence-corrected chi connectivity index (χ3v) is 1.85. The third kappa shape index (κ3) is 2.17. The summed E-state index contributed by atoms with van der Waals surface area (Å²) in [6, 6.07) is 0. The van der Waals surface area contributed by atoms with Crippen molar-refractivity contribution in [2.75, 3.05) is 20.3 Å². The third-order valence-electron chi connectivity index (χ3n) is 1.85. The van der Waals surface area contributed by atoms with Gasteiger partial charge in [-0.2, -0.15) is 0 Å². The lowest BCUT2D eigenvalue weighted by molar-refractivity contribution is -0.149. The van der Waals surface area contributed by atoms with E-state index in [0.29, 0.717) is 13.2 Å². The van der Waals surface area contributed by atoms with E-state index in [9.17, 15) is 0 Å². The van der Waals surface area contributed by atoms with Crippen LogP contribution in [0.3, 0.4) is 0 Å². The zero-order chi connectivity index (χ0) is 9.19. The van der Waals surface area contributed by atoms with Gasteiger partial charge in [0.15, 0.2) is 5.79 Å². The summed E-state index contributed by atoms with van der Waals surface area (Å²) in [6.45, 7) is 4.76. The molecule has 72 valence electrons. The van der Waals surface area contributed by atoms with E-state index < -0.39 is 5.79 Å². The van der Waals surface area contributed by atoms with Crippen molar-refractivity contribution in [1.29, 1.82) is 0 Å². The van der Waals surface area contributed by atoms with Crippen LogP contribution in [0.5, 0.6) is 0 Å². The van der Waals surface area contributed by atoms with E-state index in [-0.39, 0.29) is 12.2 Å². The molecular formula is C8H17NO3. The van der Waals surface area contributed by atoms with E-state index in [1.807, 2.05) is 13.8 Å². The van der Waals surface area contributed by atoms with E-state index >= 15 is 0 Å². The number of methoxy groups -OCH3 is 1. The van der Waals surface area contributed by atoms with Crippen LogP contribution in [-0.4, -0.2) is 38.3 Å². The summed E-state index contributed by atoms with van der Waals surface area (Å²) in [5.74, 6) is -0.521. The Labute approximate surface area is 73.0 Å². The minimum Gasteiger partial charge on any atom is -0.382 e. The van der Waals surface area contributed by atoms with Gasteiger partial charge in [0.1, 0.15) is 12.2 Å². The molecule has 0 saturated carbocycles. The van der Waals surface area contributed by atoms with Gasteiger partial charge in [0.25, 0.3) is 0 Å². The highest BCUT2D eigenvalue weighted by Gasteiger charge is 2.40. The van der Waals surface area contributed by atoms with Gasteiger partial charge in [-0.15, -0.1) is 0 Å². The maximum Gasteiger partial charge on any atom is 0.163 e. The smallest absolute Gasteiger partial charge is 0.163 e. The monoisotopic (exact) mass is 175 g/mol. The molecule has 4 nitrogen and oxygen atoms in total. The minimum atomic E-state index is -0.521. The van der Waals surface area contributed by atoms with Crippen molar-refractivity contribution in [1.82, 2.24) is 0 Å². The summed E-state index contributed by atoms with van der Waals surface area (Å²) in [6.07, 6.45) is -0.0741. The second kappa shape index (κ2) is 3.70. The first-order valence-electron chi connectivity index (χ1n) is 4.13. The normalized spacial score (nSPS) is 34.0. The lowest BCUT2D eigenvalue weighted by atomic mass is 10.2. The van der Waals surface area contributed by atoms with Gasteiger partial charge >= 0.3 is 0 Å². The maximum absolute atomic E-state index is 5.57. The Kier molecular flexibility index (Phi) is 3.06. The number of hydrogen-bond donors (Lipinski definition) is 1. The molecule has 0 aromatic carbocycles. The van der Waals surface area contributed by atoms with Crippen LogP contribution < -0.4 is 5.73 Å². The highest BCUT2D eigenvalue weighted by Crippen LogP contribution is 2.27. The van der Waals surface area contributed by atoms with E-state index in [4.69, 9.17) is 19.9 Å². The molecule has 0 radical (unpaired) electrons. The van der Waals surface area contributed by atoms with Gasteiger partial charge in [-0.05, 0) is 13.8 Å². The molecule has 0 aromatic rings. The van der Waals surface area contributed by atoms with Crippen molar-refractivity contribution in [2.24, 2.45) is 5.73 Å². The molecule has 0 unspecified atom stereocenters. The van der Waals surface area contributed by atoms with Crippen LogP contribution in [0, 0.1) is 0 Å². The summed E-state index contributed by atoms with van der Waals surface area (Å²) >= 11 is 0. The first-order chi connectivity index (χ1) is 5.59. The summed E-state index contributed by atoms with van der Waals surface area (Å²) in [5.41, 5.74) is 5.52. The van der Waals surface area contributed by atoms with Crippen LogP contribution in [0.1, 0.15) is 13.8 Å². The van der Waals surface area contributed by atoms with Crippen LogP contribution >= 0.6 is 0 Å². The van der Waals surface area contributed by atoms with Gasteiger partial charge in [-0.25, -0.2) is 0 Å². The first-order valence-corrected chi connectivity index (χ1v) is 4.13. The number of ether oxygens (including phenoxy) is 3. The molecule has 0 aliphatic carbocycles. The molecule has 0 aromatic heterocycles. The van der Waals surface area contributed by atoms with Crippen LogP contribution in [0.2, 0.25) is 0 Å². The van der Waals surface area contributed by atoms with Crippen LogP contribution in [0.15, 0.2) is 0 Å². The summed E-state index contributed by atoms with van der Waals surface area (Å²) in [7, 11) is 1.64. The summed E-state index contributed by atoms with van der Waals surface area (Å²) in [5, 5.41) is 0. The molecule has 0 spiro atoms. The standard InChI is InChI=1S/C8H17NO3/c1-8(2)11-6(4-9)7(12-8)5-10-3/h6-7H,4-5,9H2,1-3H3/t6-,7-/m1/s1. The zero-order valence-electron chi connectivity index (χ0n) is 7.87.